The molecule has 2 aromatic rings. The fraction of sp³-hybridized carbons (Fsp3) is 0.458. The van der Waals surface area contributed by atoms with Crippen molar-refractivity contribution in [2.45, 2.75) is 19.4 Å². The normalized spacial score (nSPS) is 17.7. The molecule has 5 nitrogen and oxygen atoms in total. The standard InChI is InChI=1S/C24H32FN3O2/c1-26(2)14-15-28(24(29)12-11-22-9-6-16-30-22)18-20-7-5-13-27(17-20)19-21-8-3-4-10-23(21)25/h3-4,6,8-12,16,20H,5,7,13-15,17-19H2,1-2H3/b12-11+/t20-/m0/s1. The highest BCUT2D eigenvalue weighted by atomic mass is 19.1. The van der Waals surface area contributed by atoms with Crippen molar-refractivity contribution in [3.8, 4) is 0 Å². The highest BCUT2D eigenvalue weighted by molar-refractivity contribution is 5.91. The number of halogens is 1. The van der Waals surface area contributed by atoms with Crippen LogP contribution in [0.15, 0.2) is 53.2 Å². The Hall–Kier alpha value is -2.44. The van der Waals surface area contributed by atoms with E-state index < -0.39 is 0 Å². The fourth-order valence-electron chi connectivity index (χ4n) is 3.88. The number of hydrogen-bond donors (Lipinski definition) is 0. The van der Waals surface area contributed by atoms with Crippen LogP contribution in [-0.4, -0.2) is 67.4 Å². The maximum Gasteiger partial charge on any atom is 0.246 e. The third kappa shape index (κ3) is 6.82. The van der Waals surface area contributed by atoms with Crippen LogP contribution in [0.5, 0.6) is 0 Å². The molecule has 0 radical (unpaired) electrons. The molecule has 0 spiro atoms. The van der Waals surface area contributed by atoms with E-state index in [1.165, 1.54) is 6.07 Å². The van der Waals surface area contributed by atoms with E-state index in [9.17, 15) is 9.18 Å². The van der Waals surface area contributed by atoms with Gasteiger partial charge in [0.2, 0.25) is 5.91 Å². The van der Waals surface area contributed by atoms with Gasteiger partial charge in [0.05, 0.1) is 6.26 Å². The Morgan fingerprint density at radius 1 is 1.23 bits per heavy atom. The molecule has 0 N–H and O–H groups in total. The fourth-order valence-corrected chi connectivity index (χ4v) is 3.88. The summed E-state index contributed by atoms with van der Waals surface area (Å²) < 4.78 is 19.3. The number of carbonyl (C=O) groups is 1. The number of rotatable bonds is 9. The topological polar surface area (TPSA) is 39.9 Å². The van der Waals surface area contributed by atoms with Crippen LogP contribution < -0.4 is 0 Å². The van der Waals surface area contributed by atoms with Crippen LogP contribution in [0.1, 0.15) is 24.2 Å². The van der Waals surface area contributed by atoms with Crippen LogP contribution in [0, 0.1) is 11.7 Å². The summed E-state index contributed by atoms with van der Waals surface area (Å²) in [6, 6.07) is 10.6. The maximum atomic E-state index is 14.0. The van der Waals surface area contributed by atoms with Crippen molar-refractivity contribution in [1.29, 1.82) is 0 Å². The number of furan rings is 1. The lowest BCUT2D eigenvalue weighted by Crippen LogP contribution is -2.44. The average molecular weight is 414 g/mol. The van der Waals surface area contributed by atoms with Gasteiger partial charge in [-0.25, -0.2) is 4.39 Å². The number of carbonyl (C=O) groups excluding carboxylic acids is 1. The third-order valence-corrected chi connectivity index (χ3v) is 5.50. The largest absolute Gasteiger partial charge is 0.465 e. The Morgan fingerprint density at radius 2 is 2.07 bits per heavy atom. The van der Waals surface area contributed by atoms with Gasteiger partial charge in [0.1, 0.15) is 11.6 Å². The molecule has 1 aromatic carbocycles. The van der Waals surface area contributed by atoms with Gasteiger partial charge in [-0.15, -0.1) is 0 Å². The molecule has 6 heteroatoms. The highest BCUT2D eigenvalue weighted by Crippen LogP contribution is 2.21. The van der Waals surface area contributed by atoms with Crippen molar-refractivity contribution in [3.05, 3.63) is 65.9 Å². The van der Waals surface area contributed by atoms with E-state index in [0.717, 1.165) is 38.0 Å². The summed E-state index contributed by atoms with van der Waals surface area (Å²) in [6.45, 7) is 4.66. The molecular weight excluding hydrogens is 381 g/mol. The number of hydrogen-bond acceptors (Lipinski definition) is 4. The Balaban J connectivity index is 1.60. The van der Waals surface area contributed by atoms with Crippen LogP contribution in [0.4, 0.5) is 4.39 Å². The summed E-state index contributed by atoms with van der Waals surface area (Å²) in [5.74, 6) is 0.906. The molecule has 1 aromatic heterocycles. The smallest absolute Gasteiger partial charge is 0.246 e. The summed E-state index contributed by atoms with van der Waals surface area (Å²) >= 11 is 0. The zero-order valence-electron chi connectivity index (χ0n) is 18.0. The lowest BCUT2D eigenvalue weighted by atomic mass is 9.96. The number of benzene rings is 1. The molecule has 0 aliphatic carbocycles. The van der Waals surface area contributed by atoms with E-state index in [0.29, 0.717) is 31.3 Å². The molecule has 1 aliphatic heterocycles. The first kappa shape index (κ1) is 22.2. The Labute approximate surface area is 178 Å². The molecule has 1 fully saturated rings. The van der Waals surface area contributed by atoms with E-state index in [4.69, 9.17) is 4.42 Å². The molecule has 162 valence electrons. The van der Waals surface area contributed by atoms with E-state index in [1.807, 2.05) is 37.2 Å². The van der Waals surface area contributed by atoms with E-state index in [2.05, 4.69) is 9.80 Å². The first-order valence-corrected chi connectivity index (χ1v) is 10.6. The van der Waals surface area contributed by atoms with Gasteiger partial charge in [-0.3, -0.25) is 9.69 Å². The number of amides is 1. The first-order chi connectivity index (χ1) is 14.5. The lowest BCUT2D eigenvalue weighted by Gasteiger charge is -2.36. The minimum absolute atomic E-state index is 0.000484. The van der Waals surface area contributed by atoms with Gasteiger partial charge in [0.25, 0.3) is 0 Å². The maximum absolute atomic E-state index is 14.0. The van der Waals surface area contributed by atoms with Gasteiger partial charge in [-0.1, -0.05) is 18.2 Å². The molecule has 1 amide bonds. The predicted octanol–water partition coefficient (Wildman–Crippen LogP) is 3.73. The van der Waals surface area contributed by atoms with Crippen LogP contribution in [0.3, 0.4) is 0 Å². The summed E-state index contributed by atoms with van der Waals surface area (Å²) in [4.78, 5) is 19.2. The number of piperidine rings is 1. The van der Waals surface area contributed by atoms with Crippen molar-refractivity contribution in [2.75, 3.05) is 46.8 Å². The van der Waals surface area contributed by atoms with Crippen LogP contribution in [0.25, 0.3) is 6.08 Å². The molecule has 1 atom stereocenters. The second kappa shape index (κ2) is 11.1. The van der Waals surface area contributed by atoms with E-state index in [-0.39, 0.29) is 11.7 Å². The first-order valence-electron chi connectivity index (χ1n) is 10.6. The summed E-state index contributed by atoms with van der Waals surface area (Å²) in [6.07, 6.45) is 7.06. The van der Waals surface area contributed by atoms with Crippen LogP contribution in [0.2, 0.25) is 0 Å². The molecule has 0 bridgehead atoms. The van der Waals surface area contributed by atoms with Crippen LogP contribution >= 0.6 is 0 Å². The Bertz CT molecular complexity index is 820. The summed E-state index contributed by atoms with van der Waals surface area (Å²) in [7, 11) is 4.02. The van der Waals surface area contributed by atoms with Gasteiger partial charge >= 0.3 is 0 Å². The minimum atomic E-state index is -0.148. The van der Waals surface area contributed by atoms with Gasteiger partial charge in [-0.05, 0) is 63.7 Å². The zero-order valence-corrected chi connectivity index (χ0v) is 18.0. The van der Waals surface area contributed by atoms with Gasteiger partial charge in [0.15, 0.2) is 0 Å². The minimum Gasteiger partial charge on any atom is -0.465 e. The zero-order chi connectivity index (χ0) is 21.3. The van der Waals surface area contributed by atoms with Crippen molar-refractivity contribution in [3.63, 3.8) is 0 Å². The molecule has 0 saturated carbocycles. The molecular formula is C24H32FN3O2. The van der Waals surface area contributed by atoms with Crippen molar-refractivity contribution in [2.24, 2.45) is 5.92 Å². The lowest BCUT2D eigenvalue weighted by molar-refractivity contribution is -0.127. The molecule has 3 rings (SSSR count). The average Bonchev–Trinajstić information content (AvgIpc) is 3.25. The van der Waals surface area contributed by atoms with E-state index >= 15 is 0 Å². The monoisotopic (exact) mass is 413 g/mol. The van der Waals surface area contributed by atoms with E-state index in [1.54, 1.807) is 30.5 Å². The van der Waals surface area contributed by atoms with Crippen LogP contribution in [-0.2, 0) is 11.3 Å². The van der Waals surface area contributed by atoms with Crippen molar-refractivity contribution in [1.82, 2.24) is 14.7 Å². The second-order valence-corrected chi connectivity index (χ2v) is 8.27. The summed E-state index contributed by atoms with van der Waals surface area (Å²) in [5, 5.41) is 0. The quantitative estimate of drug-likeness (QED) is 0.588. The van der Waals surface area contributed by atoms with Crippen molar-refractivity contribution < 1.29 is 13.6 Å². The number of likely N-dealkylation sites (tertiary alicyclic amines) is 1. The molecule has 0 unspecified atom stereocenters. The van der Waals surface area contributed by atoms with Gasteiger partial charge in [-0.2, -0.15) is 0 Å². The van der Waals surface area contributed by atoms with Crippen molar-refractivity contribution >= 4 is 12.0 Å². The summed E-state index contributed by atoms with van der Waals surface area (Å²) in [5.41, 5.74) is 0.736. The Morgan fingerprint density at radius 3 is 2.80 bits per heavy atom. The SMILES string of the molecule is CN(C)CCN(C[C@H]1CCCN(Cc2ccccc2F)C1)C(=O)/C=C/c1ccco1. The molecule has 1 aliphatic rings. The third-order valence-electron chi connectivity index (χ3n) is 5.50. The molecule has 1 saturated heterocycles. The van der Waals surface area contributed by atoms with Gasteiger partial charge < -0.3 is 14.2 Å². The number of nitrogens with zero attached hydrogens (tertiary/aromatic N) is 3. The van der Waals surface area contributed by atoms with Gasteiger partial charge in [0, 0.05) is 44.4 Å². The molecule has 2 heterocycles. The number of likely N-dealkylation sites (N-methyl/N-ethyl adjacent to an activating group) is 1. The molecule has 30 heavy (non-hydrogen) atoms. The highest BCUT2D eigenvalue weighted by Gasteiger charge is 2.24. The predicted molar refractivity (Wildman–Crippen MR) is 117 cm³/mol. The second-order valence-electron chi connectivity index (χ2n) is 8.27. The Kier molecular flexibility index (Phi) is 8.22.